The molecule has 0 bridgehead atoms. The number of rotatable bonds is 3. The van der Waals surface area contributed by atoms with Crippen LogP contribution in [0.5, 0.6) is 0 Å². The van der Waals surface area contributed by atoms with Crippen LogP contribution in [0.1, 0.15) is 23.8 Å². The molecule has 1 unspecified atom stereocenters. The standard InChI is InChI=1S/C15H19F3N4/c1-10-2-3-11-12(4-5-15(16,17)18)21-22(13(11)8-10)14-9-19-6-7-20-14/h2-3,8,14,19-20H,4-7,9H2,1H3. The maximum atomic E-state index is 12.5. The number of aryl methyl sites for hydroxylation is 2. The Hall–Kier alpha value is -1.60. The number of halogens is 3. The van der Waals surface area contributed by atoms with Crippen LogP contribution in [0.2, 0.25) is 0 Å². The minimum absolute atomic E-state index is 0.0299. The molecule has 7 heteroatoms. The van der Waals surface area contributed by atoms with Crippen LogP contribution in [-0.4, -0.2) is 35.6 Å². The van der Waals surface area contributed by atoms with E-state index in [0.29, 0.717) is 12.2 Å². The van der Waals surface area contributed by atoms with Crippen molar-refractivity contribution in [2.24, 2.45) is 0 Å². The van der Waals surface area contributed by atoms with E-state index in [-0.39, 0.29) is 12.6 Å². The number of piperazine rings is 1. The third kappa shape index (κ3) is 3.25. The number of nitrogens with zero attached hydrogens (tertiary/aromatic N) is 2. The van der Waals surface area contributed by atoms with E-state index in [1.807, 2.05) is 29.8 Å². The van der Waals surface area contributed by atoms with Gasteiger partial charge in [0, 0.05) is 37.9 Å². The first-order chi connectivity index (χ1) is 10.4. The highest BCUT2D eigenvalue weighted by molar-refractivity contribution is 5.82. The molecule has 0 saturated carbocycles. The van der Waals surface area contributed by atoms with Gasteiger partial charge in [0.25, 0.3) is 0 Å². The highest BCUT2D eigenvalue weighted by Gasteiger charge is 2.28. The van der Waals surface area contributed by atoms with Crippen LogP contribution in [0.15, 0.2) is 18.2 Å². The maximum Gasteiger partial charge on any atom is 0.389 e. The van der Waals surface area contributed by atoms with Gasteiger partial charge in [-0.15, -0.1) is 0 Å². The number of alkyl halides is 3. The maximum absolute atomic E-state index is 12.5. The molecule has 2 N–H and O–H groups in total. The summed E-state index contributed by atoms with van der Waals surface area (Å²) in [5.74, 6) is 0. The highest BCUT2D eigenvalue weighted by atomic mass is 19.4. The Morgan fingerprint density at radius 3 is 2.82 bits per heavy atom. The smallest absolute Gasteiger partial charge is 0.312 e. The quantitative estimate of drug-likeness (QED) is 0.915. The molecule has 1 fully saturated rings. The fourth-order valence-corrected chi connectivity index (χ4v) is 2.81. The van der Waals surface area contributed by atoms with Gasteiger partial charge in [-0.3, -0.25) is 5.32 Å². The second-order valence-electron chi connectivity index (χ2n) is 5.70. The van der Waals surface area contributed by atoms with Gasteiger partial charge in [-0.25, -0.2) is 4.68 Å². The fraction of sp³-hybridized carbons (Fsp3) is 0.533. The summed E-state index contributed by atoms with van der Waals surface area (Å²) in [6.07, 6.45) is -5.12. The Bertz CT molecular complexity index is 657. The third-order valence-electron chi connectivity index (χ3n) is 3.90. The van der Waals surface area contributed by atoms with E-state index in [1.165, 1.54) is 0 Å². The van der Waals surface area contributed by atoms with Crippen molar-refractivity contribution in [1.82, 2.24) is 20.4 Å². The topological polar surface area (TPSA) is 41.9 Å². The van der Waals surface area contributed by atoms with E-state index in [2.05, 4.69) is 15.7 Å². The number of benzene rings is 1. The SMILES string of the molecule is Cc1ccc2c(CCC(F)(F)F)nn(C3CNCCN3)c2c1. The molecule has 0 radical (unpaired) electrons. The van der Waals surface area contributed by atoms with Gasteiger partial charge in [0.1, 0.15) is 6.17 Å². The lowest BCUT2D eigenvalue weighted by molar-refractivity contribution is -0.134. The summed E-state index contributed by atoms with van der Waals surface area (Å²) in [6, 6.07) is 5.77. The summed E-state index contributed by atoms with van der Waals surface area (Å²) in [5, 5.41) is 11.9. The number of nitrogens with one attached hydrogen (secondary N) is 2. The van der Waals surface area contributed by atoms with Gasteiger partial charge in [0.2, 0.25) is 0 Å². The summed E-state index contributed by atoms with van der Waals surface area (Å²) >= 11 is 0. The molecule has 3 rings (SSSR count). The molecule has 1 aliphatic heterocycles. The van der Waals surface area contributed by atoms with E-state index >= 15 is 0 Å². The molecule has 2 heterocycles. The number of aromatic nitrogens is 2. The van der Waals surface area contributed by atoms with Crippen LogP contribution in [0.25, 0.3) is 10.9 Å². The molecule has 1 saturated heterocycles. The summed E-state index contributed by atoms with van der Waals surface area (Å²) < 4.78 is 39.3. The number of hydrogen-bond acceptors (Lipinski definition) is 3. The zero-order valence-corrected chi connectivity index (χ0v) is 12.4. The molecular weight excluding hydrogens is 293 g/mol. The van der Waals surface area contributed by atoms with Crippen LogP contribution >= 0.6 is 0 Å². The van der Waals surface area contributed by atoms with Crippen LogP contribution in [-0.2, 0) is 6.42 Å². The predicted molar refractivity (Wildman–Crippen MR) is 78.8 cm³/mol. The molecule has 0 spiro atoms. The van der Waals surface area contributed by atoms with Crippen molar-refractivity contribution in [3.05, 3.63) is 29.5 Å². The average molecular weight is 312 g/mol. The normalized spacial score (nSPS) is 19.7. The van der Waals surface area contributed by atoms with Crippen molar-refractivity contribution in [3.8, 4) is 0 Å². The molecule has 2 aromatic rings. The van der Waals surface area contributed by atoms with Gasteiger partial charge in [-0.2, -0.15) is 18.3 Å². The lowest BCUT2D eigenvalue weighted by Gasteiger charge is -2.25. The minimum atomic E-state index is -4.16. The van der Waals surface area contributed by atoms with E-state index in [4.69, 9.17) is 0 Å². The minimum Gasteiger partial charge on any atom is -0.312 e. The Morgan fingerprint density at radius 2 is 2.14 bits per heavy atom. The van der Waals surface area contributed by atoms with Crippen LogP contribution in [0, 0.1) is 6.92 Å². The first-order valence-electron chi connectivity index (χ1n) is 7.43. The summed E-state index contributed by atoms with van der Waals surface area (Å²) in [5.41, 5.74) is 2.47. The zero-order valence-electron chi connectivity index (χ0n) is 12.4. The van der Waals surface area contributed by atoms with E-state index < -0.39 is 12.6 Å². The average Bonchev–Trinajstić information content (AvgIpc) is 2.83. The Kier molecular flexibility index (Phi) is 4.10. The second-order valence-corrected chi connectivity index (χ2v) is 5.70. The molecule has 0 amide bonds. The molecule has 1 aliphatic rings. The first-order valence-corrected chi connectivity index (χ1v) is 7.43. The first kappa shape index (κ1) is 15.3. The van der Waals surface area contributed by atoms with Crippen molar-refractivity contribution in [2.75, 3.05) is 19.6 Å². The Labute approximate surface area is 126 Å². The summed E-state index contributed by atoms with van der Waals surface area (Å²) in [7, 11) is 0. The molecule has 120 valence electrons. The molecule has 0 aliphatic carbocycles. The van der Waals surface area contributed by atoms with Crippen molar-refractivity contribution in [2.45, 2.75) is 32.1 Å². The molecule has 4 nitrogen and oxygen atoms in total. The van der Waals surface area contributed by atoms with Crippen molar-refractivity contribution >= 4 is 10.9 Å². The van der Waals surface area contributed by atoms with Gasteiger partial charge >= 0.3 is 6.18 Å². The predicted octanol–water partition coefficient (Wildman–Crippen LogP) is 2.53. The van der Waals surface area contributed by atoms with E-state index in [0.717, 1.165) is 29.6 Å². The molecule has 1 atom stereocenters. The van der Waals surface area contributed by atoms with Crippen molar-refractivity contribution in [3.63, 3.8) is 0 Å². The summed E-state index contributed by atoms with van der Waals surface area (Å²) in [4.78, 5) is 0. The lowest BCUT2D eigenvalue weighted by atomic mass is 10.1. The van der Waals surface area contributed by atoms with Gasteiger partial charge in [0.05, 0.1) is 11.2 Å². The van der Waals surface area contributed by atoms with Crippen LogP contribution < -0.4 is 10.6 Å². The monoisotopic (exact) mass is 312 g/mol. The number of hydrogen-bond donors (Lipinski definition) is 2. The molecular formula is C15H19F3N4. The Balaban J connectivity index is 1.98. The van der Waals surface area contributed by atoms with Crippen LogP contribution in [0.3, 0.4) is 0 Å². The van der Waals surface area contributed by atoms with Crippen LogP contribution in [0.4, 0.5) is 13.2 Å². The number of fused-ring (bicyclic) bond motifs is 1. The fourth-order valence-electron chi connectivity index (χ4n) is 2.81. The van der Waals surface area contributed by atoms with Crippen molar-refractivity contribution in [1.29, 1.82) is 0 Å². The van der Waals surface area contributed by atoms with Gasteiger partial charge in [-0.05, 0) is 18.6 Å². The Morgan fingerprint density at radius 1 is 1.32 bits per heavy atom. The largest absolute Gasteiger partial charge is 0.389 e. The van der Waals surface area contributed by atoms with E-state index in [1.54, 1.807) is 0 Å². The van der Waals surface area contributed by atoms with E-state index in [9.17, 15) is 13.2 Å². The molecule has 22 heavy (non-hydrogen) atoms. The van der Waals surface area contributed by atoms with Crippen molar-refractivity contribution < 1.29 is 13.2 Å². The molecule has 1 aromatic carbocycles. The van der Waals surface area contributed by atoms with Gasteiger partial charge in [-0.1, -0.05) is 12.1 Å². The molecule has 1 aromatic heterocycles. The highest BCUT2D eigenvalue weighted by Crippen LogP contribution is 2.27. The zero-order chi connectivity index (χ0) is 15.7. The second kappa shape index (κ2) is 5.89. The lowest BCUT2D eigenvalue weighted by Crippen LogP contribution is -2.45. The summed E-state index contributed by atoms with van der Waals surface area (Å²) in [6.45, 7) is 4.38. The van der Waals surface area contributed by atoms with Gasteiger partial charge < -0.3 is 5.32 Å². The van der Waals surface area contributed by atoms with Gasteiger partial charge in [0.15, 0.2) is 0 Å². The third-order valence-corrected chi connectivity index (χ3v) is 3.90.